The van der Waals surface area contributed by atoms with Crippen molar-refractivity contribution in [3.8, 4) is 11.5 Å². The average molecular weight is 474 g/mol. The van der Waals surface area contributed by atoms with Gasteiger partial charge in [0, 0.05) is 25.8 Å². The number of likely N-dealkylation sites (tertiary alicyclic amines) is 1. The first-order chi connectivity index (χ1) is 15.7. The van der Waals surface area contributed by atoms with Gasteiger partial charge in [0.05, 0.1) is 29.0 Å². The number of sulfone groups is 1. The lowest BCUT2D eigenvalue weighted by atomic mass is 9.87. The number of carbonyl (C=O) groups excluding carboxylic acids is 1. The van der Waals surface area contributed by atoms with Gasteiger partial charge in [0.2, 0.25) is 0 Å². The molecule has 0 radical (unpaired) electrons. The van der Waals surface area contributed by atoms with Crippen LogP contribution in [0.5, 0.6) is 11.5 Å². The maximum absolute atomic E-state index is 13.6. The van der Waals surface area contributed by atoms with Crippen LogP contribution in [0.25, 0.3) is 0 Å². The van der Waals surface area contributed by atoms with Gasteiger partial charge in [-0.15, -0.1) is 0 Å². The molecule has 7 nitrogen and oxygen atoms in total. The molecule has 0 aliphatic carbocycles. The zero-order valence-corrected chi connectivity index (χ0v) is 20.4. The highest BCUT2D eigenvalue weighted by atomic mass is 32.2. The molecule has 2 aliphatic rings. The van der Waals surface area contributed by atoms with Crippen LogP contribution in [0.2, 0.25) is 0 Å². The molecule has 1 atom stereocenters. The maximum atomic E-state index is 13.6. The molecule has 1 fully saturated rings. The Morgan fingerprint density at radius 3 is 2.39 bits per heavy atom. The Morgan fingerprint density at radius 1 is 1.06 bits per heavy atom. The Kier molecular flexibility index (Phi) is 6.42. The lowest BCUT2D eigenvalue weighted by Crippen LogP contribution is -2.53. The van der Waals surface area contributed by atoms with Crippen molar-refractivity contribution >= 4 is 15.7 Å². The van der Waals surface area contributed by atoms with Crippen LogP contribution in [-0.4, -0.2) is 57.4 Å². The minimum Gasteiger partial charge on any atom is -0.493 e. The summed E-state index contributed by atoms with van der Waals surface area (Å²) in [5.74, 6) is 0.938. The fourth-order valence-electron chi connectivity index (χ4n) is 4.92. The number of piperidine rings is 1. The standard InChI is InChI=1S/C25H31NO6S/c1-17(2)32-20-10-9-18(15-21(20)30-3)24(27)26-13-11-25(12-14-26)16-22(31-4)19-7-5-6-8-23(19)33(25,28)29/h5-10,15,17,22H,11-14,16H2,1-4H3. The molecular weight excluding hydrogens is 442 g/mol. The van der Waals surface area contributed by atoms with Crippen molar-refractivity contribution in [2.24, 2.45) is 0 Å². The lowest BCUT2D eigenvalue weighted by Gasteiger charge is -2.45. The van der Waals surface area contributed by atoms with E-state index >= 15 is 0 Å². The summed E-state index contributed by atoms with van der Waals surface area (Å²) in [4.78, 5) is 15.3. The largest absolute Gasteiger partial charge is 0.493 e. The predicted octanol–water partition coefficient (Wildman–Crippen LogP) is 4.02. The highest BCUT2D eigenvalue weighted by Crippen LogP contribution is 2.49. The van der Waals surface area contributed by atoms with Gasteiger partial charge in [0.15, 0.2) is 21.3 Å². The van der Waals surface area contributed by atoms with Crippen molar-refractivity contribution in [3.05, 3.63) is 53.6 Å². The minimum absolute atomic E-state index is 0.0164. The second-order valence-electron chi connectivity index (χ2n) is 8.98. The molecule has 2 aliphatic heterocycles. The fourth-order valence-corrected chi connectivity index (χ4v) is 7.24. The maximum Gasteiger partial charge on any atom is 0.253 e. The third-order valence-electron chi connectivity index (χ3n) is 6.70. The normalized spacial score (nSPS) is 21.0. The van der Waals surface area contributed by atoms with Gasteiger partial charge in [-0.05, 0) is 62.9 Å². The highest BCUT2D eigenvalue weighted by molar-refractivity contribution is 7.93. The molecule has 0 aromatic heterocycles. The first-order valence-electron chi connectivity index (χ1n) is 11.2. The SMILES string of the molecule is COc1cc(C(=O)N2CCC3(CC2)CC(OC)c2ccccc2S3(=O)=O)ccc1OC(C)C. The van der Waals surface area contributed by atoms with E-state index in [1.807, 2.05) is 26.0 Å². The van der Waals surface area contributed by atoms with Crippen molar-refractivity contribution < 1.29 is 27.4 Å². The molecule has 1 spiro atoms. The molecule has 0 saturated carbocycles. The predicted molar refractivity (Wildman–Crippen MR) is 125 cm³/mol. The molecule has 1 amide bonds. The molecule has 0 bridgehead atoms. The summed E-state index contributed by atoms with van der Waals surface area (Å²) in [6.07, 6.45) is 0.865. The van der Waals surface area contributed by atoms with E-state index in [-0.39, 0.29) is 18.1 Å². The zero-order chi connectivity index (χ0) is 23.8. The van der Waals surface area contributed by atoms with Crippen LogP contribution in [0.3, 0.4) is 0 Å². The average Bonchev–Trinajstić information content (AvgIpc) is 2.81. The quantitative estimate of drug-likeness (QED) is 0.652. The Balaban J connectivity index is 1.55. The van der Waals surface area contributed by atoms with E-state index in [4.69, 9.17) is 14.2 Å². The molecular formula is C25H31NO6S. The van der Waals surface area contributed by atoms with E-state index in [1.165, 1.54) is 0 Å². The second-order valence-corrected chi connectivity index (χ2v) is 11.3. The number of nitrogens with zero attached hydrogens (tertiary/aromatic N) is 1. The Morgan fingerprint density at radius 2 is 1.76 bits per heavy atom. The van der Waals surface area contributed by atoms with Crippen LogP contribution in [0.4, 0.5) is 0 Å². The number of methoxy groups -OCH3 is 2. The van der Waals surface area contributed by atoms with Crippen LogP contribution >= 0.6 is 0 Å². The van der Waals surface area contributed by atoms with Crippen LogP contribution in [-0.2, 0) is 14.6 Å². The van der Waals surface area contributed by atoms with E-state index in [0.717, 1.165) is 5.56 Å². The van der Waals surface area contributed by atoms with Crippen molar-refractivity contribution in [1.82, 2.24) is 4.90 Å². The number of ether oxygens (including phenoxy) is 3. The second kappa shape index (κ2) is 8.99. The number of hydrogen-bond donors (Lipinski definition) is 0. The van der Waals surface area contributed by atoms with E-state index < -0.39 is 14.6 Å². The summed E-state index contributed by atoms with van der Waals surface area (Å²) in [6, 6.07) is 12.2. The lowest BCUT2D eigenvalue weighted by molar-refractivity contribution is 0.0551. The number of fused-ring (bicyclic) bond motifs is 1. The van der Waals surface area contributed by atoms with Gasteiger partial charge in [-0.2, -0.15) is 0 Å². The van der Waals surface area contributed by atoms with E-state index in [0.29, 0.717) is 54.3 Å². The molecule has 2 aromatic rings. The third-order valence-corrected chi connectivity index (χ3v) is 9.37. The van der Waals surface area contributed by atoms with E-state index in [1.54, 1.807) is 49.5 Å². The first kappa shape index (κ1) is 23.6. The van der Waals surface area contributed by atoms with Crippen molar-refractivity contribution in [2.75, 3.05) is 27.3 Å². The van der Waals surface area contributed by atoms with Crippen molar-refractivity contribution in [1.29, 1.82) is 0 Å². The third kappa shape index (κ3) is 4.10. The van der Waals surface area contributed by atoms with Crippen LogP contribution in [0.1, 0.15) is 55.1 Å². The van der Waals surface area contributed by atoms with Crippen LogP contribution < -0.4 is 9.47 Å². The van der Waals surface area contributed by atoms with Gasteiger partial charge in [0.1, 0.15) is 0 Å². The van der Waals surface area contributed by atoms with Gasteiger partial charge in [-0.3, -0.25) is 4.79 Å². The summed E-state index contributed by atoms with van der Waals surface area (Å²) in [5, 5.41) is 0. The number of amides is 1. The molecule has 8 heteroatoms. The number of benzene rings is 2. The number of carbonyl (C=O) groups is 1. The zero-order valence-electron chi connectivity index (χ0n) is 19.5. The van der Waals surface area contributed by atoms with Gasteiger partial charge in [-0.1, -0.05) is 18.2 Å². The van der Waals surface area contributed by atoms with Crippen molar-refractivity contribution in [2.45, 2.75) is 55.0 Å². The Bertz CT molecular complexity index is 1140. The highest BCUT2D eigenvalue weighted by Gasteiger charge is 2.53. The van der Waals surface area contributed by atoms with Gasteiger partial charge >= 0.3 is 0 Å². The molecule has 178 valence electrons. The van der Waals surface area contributed by atoms with Gasteiger partial charge in [-0.25, -0.2) is 8.42 Å². The summed E-state index contributed by atoms with van der Waals surface area (Å²) in [5.41, 5.74) is 1.21. The topological polar surface area (TPSA) is 82.1 Å². The molecule has 4 rings (SSSR count). The van der Waals surface area contributed by atoms with Crippen LogP contribution in [0, 0.1) is 0 Å². The van der Waals surface area contributed by atoms with Gasteiger partial charge < -0.3 is 19.1 Å². The number of rotatable bonds is 5. The van der Waals surface area contributed by atoms with E-state index in [2.05, 4.69) is 0 Å². The summed E-state index contributed by atoms with van der Waals surface area (Å²) >= 11 is 0. The summed E-state index contributed by atoms with van der Waals surface area (Å²) in [7, 11) is -0.387. The molecule has 33 heavy (non-hydrogen) atoms. The molecule has 1 unspecified atom stereocenters. The molecule has 1 saturated heterocycles. The molecule has 0 N–H and O–H groups in total. The number of hydrogen-bond acceptors (Lipinski definition) is 6. The fraction of sp³-hybridized carbons (Fsp3) is 0.480. The molecule has 2 aromatic carbocycles. The van der Waals surface area contributed by atoms with Crippen LogP contribution in [0.15, 0.2) is 47.4 Å². The first-order valence-corrected chi connectivity index (χ1v) is 12.7. The summed E-state index contributed by atoms with van der Waals surface area (Å²) in [6.45, 7) is 4.58. The smallest absolute Gasteiger partial charge is 0.253 e. The molecule has 2 heterocycles. The minimum atomic E-state index is -3.54. The summed E-state index contributed by atoms with van der Waals surface area (Å²) < 4.78 is 43.1. The Labute approximate surface area is 195 Å². The van der Waals surface area contributed by atoms with E-state index in [9.17, 15) is 13.2 Å². The van der Waals surface area contributed by atoms with Crippen molar-refractivity contribution in [3.63, 3.8) is 0 Å². The van der Waals surface area contributed by atoms with Gasteiger partial charge in [0.25, 0.3) is 5.91 Å². The monoisotopic (exact) mass is 473 g/mol. The Hall–Kier alpha value is -2.58.